The molecule has 0 fully saturated rings. The third kappa shape index (κ3) is 3.00. The molecule has 1 heterocycles. The number of hydrogen-bond acceptors (Lipinski definition) is 7. The molecule has 0 saturated carbocycles. The first-order valence-corrected chi connectivity index (χ1v) is 6.39. The lowest BCUT2D eigenvalue weighted by atomic mass is 9.95. The summed E-state index contributed by atoms with van der Waals surface area (Å²) in [6.07, 6.45) is 2.37. The van der Waals surface area contributed by atoms with E-state index in [2.05, 4.69) is 14.5 Å². The Balaban J connectivity index is 2.86. The van der Waals surface area contributed by atoms with Gasteiger partial charge >= 0.3 is 11.9 Å². The average Bonchev–Trinajstić information content (AvgIpc) is 2.59. The van der Waals surface area contributed by atoms with E-state index >= 15 is 0 Å². The molecule has 0 spiro atoms. The molecule has 0 aliphatic heterocycles. The van der Waals surface area contributed by atoms with Crippen molar-refractivity contribution in [1.82, 2.24) is 4.98 Å². The van der Waals surface area contributed by atoms with Crippen LogP contribution in [0.25, 0.3) is 11.1 Å². The molecule has 2 aromatic rings. The van der Waals surface area contributed by atoms with Crippen LogP contribution in [0.1, 0.15) is 20.7 Å². The third-order valence-electron chi connectivity index (χ3n) is 3.13. The standard InChI is InChI=1S/C15H12N2O6/c1-22-14(18)10-7-16-8-11(15(19)23-2)13(10)9-5-3-4-6-12(9)17(20)21/h3-8H,1-2H3. The van der Waals surface area contributed by atoms with Gasteiger partial charge in [-0.25, -0.2) is 9.59 Å². The predicted molar refractivity (Wildman–Crippen MR) is 79.0 cm³/mol. The molecule has 8 heteroatoms. The van der Waals surface area contributed by atoms with Crippen molar-refractivity contribution >= 4 is 17.6 Å². The highest BCUT2D eigenvalue weighted by Crippen LogP contribution is 2.35. The number of nitro groups is 1. The highest BCUT2D eigenvalue weighted by Gasteiger charge is 2.27. The van der Waals surface area contributed by atoms with E-state index in [9.17, 15) is 19.7 Å². The van der Waals surface area contributed by atoms with Crippen molar-refractivity contribution in [2.75, 3.05) is 14.2 Å². The van der Waals surface area contributed by atoms with Gasteiger partial charge in [0, 0.05) is 24.0 Å². The van der Waals surface area contributed by atoms with E-state index in [-0.39, 0.29) is 27.9 Å². The molecular weight excluding hydrogens is 304 g/mol. The number of rotatable bonds is 4. The number of ether oxygens (including phenoxy) is 2. The molecule has 118 valence electrons. The van der Waals surface area contributed by atoms with Gasteiger partial charge in [0.15, 0.2) is 0 Å². The quantitative estimate of drug-likeness (QED) is 0.483. The number of carbonyl (C=O) groups is 2. The molecule has 0 N–H and O–H groups in total. The summed E-state index contributed by atoms with van der Waals surface area (Å²) >= 11 is 0. The van der Waals surface area contributed by atoms with E-state index in [0.717, 1.165) is 14.2 Å². The average molecular weight is 316 g/mol. The molecule has 0 amide bonds. The SMILES string of the molecule is COC(=O)c1cncc(C(=O)OC)c1-c1ccccc1[N+](=O)[O-]. The molecule has 0 atom stereocenters. The van der Waals surface area contributed by atoms with Crippen LogP contribution in [0, 0.1) is 10.1 Å². The molecule has 0 bridgehead atoms. The number of hydrogen-bond donors (Lipinski definition) is 0. The van der Waals surface area contributed by atoms with Crippen molar-refractivity contribution in [1.29, 1.82) is 0 Å². The monoisotopic (exact) mass is 316 g/mol. The predicted octanol–water partition coefficient (Wildman–Crippen LogP) is 2.23. The van der Waals surface area contributed by atoms with Crippen molar-refractivity contribution in [3.8, 4) is 11.1 Å². The molecular formula is C15H12N2O6. The van der Waals surface area contributed by atoms with Crippen molar-refractivity contribution in [2.45, 2.75) is 0 Å². The molecule has 1 aromatic heterocycles. The van der Waals surface area contributed by atoms with Gasteiger partial charge in [0.1, 0.15) is 0 Å². The third-order valence-corrected chi connectivity index (χ3v) is 3.13. The van der Waals surface area contributed by atoms with Crippen LogP contribution in [0.3, 0.4) is 0 Å². The highest BCUT2D eigenvalue weighted by atomic mass is 16.6. The number of esters is 2. The number of pyridine rings is 1. The molecule has 1 aromatic carbocycles. The normalized spacial score (nSPS) is 10.0. The number of aromatic nitrogens is 1. The van der Waals surface area contributed by atoms with E-state index in [1.807, 2.05) is 0 Å². The zero-order valence-electron chi connectivity index (χ0n) is 12.3. The molecule has 0 saturated heterocycles. The second-order valence-electron chi connectivity index (χ2n) is 4.37. The number of benzene rings is 1. The Bertz CT molecular complexity index is 753. The highest BCUT2D eigenvalue weighted by molar-refractivity contribution is 6.06. The lowest BCUT2D eigenvalue weighted by molar-refractivity contribution is -0.384. The molecule has 8 nitrogen and oxygen atoms in total. The minimum absolute atomic E-state index is 0.0472. The van der Waals surface area contributed by atoms with Crippen LogP contribution in [0.15, 0.2) is 36.7 Å². The van der Waals surface area contributed by atoms with Crippen LogP contribution in [-0.4, -0.2) is 36.1 Å². The summed E-state index contributed by atoms with van der Waals surface area (Å²) in [5.41, 5.74) is -0.241. The van der Waals surface area contributed by atoms with Crippen molar-refractivity contribution < 1.29 is 24.0 Å². The zero-order valence-corrected chi connectivity index (χ0v) is 12.3. The van der Waals surface area contributed by atoms with Crippen molar-refractivity contribution in [3.63, 3.8) is 0 Å². The number of nitrogens with zero attached hydrogens (tertiary/aromatic N) is 2. The second-order valence-corrected chi connectivity index (χ2v) is 4.37. The molecule has 0 aliphatic carbocycles. The summed E-state index contributed by atoms with van der Waals surface area (Å²) in [5, 5.41) is 11.3. The summed E-state index contributed by atoms with van der Waals surface area (Å²) in [6.45, 7) is 0. The second kappa shape index (κ2) is 6.65. The molecule has 0 aliphatic rings. The van der Waals surface area contributed by atoms with Crippen molar-refractivity contribution in [2.24, 2.45) is 0 Å². The summed E-state index contributed by atoms with van der Waals surface area (Å²) < 4.78 is 9.33. The van der Waals surface area contributed by atoms with Gasteiger partial charge in [0.2, 0.25) is 0 Å². The van der Waals surface area contributed by atoms with Gasteiger partial charge in [-0.3, -0.25) is 15.1 Å². The van der Waals surface area contributed by atoms with Gasteiger partial charge in [0.05, 0.1) is 35.8 Å². The van der Waals surface area contributed by atoms with Crippen molar-refractivity contribution in [3.05, 3.63) is 57.9 Å². The van der Waals surface area contributed by atoms with Gasteiger partial charge < -0.3 is 9.47 Å². The van der Waals surface area contributed by atoms with Crippen LogP contribution < -0.4 is 0 Å². The number of para-hydroxylation sites is 1. The fourth-order valence-electron chi connectivity index (χ4n) is 2.12. The fourth-order valence-corrected chi connectivity index (χ4v) is 2.12. The minimum Gasteiger partial charge on any atom is -0.465 e. The Morgan fingerprint density at radius 3 is 2.04 bits per heavy atom. The summed E-state index contributed by atoms with van der Waals surface area (Å²) in [6, 6.07) is 5.76. The molecule has 0 radical (unpaired) electrons. The Morgan fingerprint density at radius 2 is 1.57 bits per heavy atom. The van der Waals surface area contributed by atoms with E-state index in [1.165, 1.54) is 30.6 Å². The van der Waals surface area contributed by atoms with Gasteiger partial charge in [-0.2, -0.15) is 0 Å². The van der Waals surface area contributed by atoms with Crippen LogP contribution in [0.5, 0.6) is 0 Å². The Kier molecular flexibility index (Phi) is 4.65. The van der Waals surface area contributed by atoms with E-state index in [0.29, 0.717) is 0 Å². The van der Waals surface area contributed by atoms with Gasteiger partial charge in [-0.15, -0.1) is 0 Å². The maximum atomic E-state index is 12.0. The Labute approximate surface area is 130 Å². The summed E-state index contributed by atoms with van der Waals surface area (Å²) in [7, 11) is 2.33. The lowest BCUT2D eigenvalue weighted by Gasteiger charge is -2.12. The van der Waals surface area contributed by atoms with Crippen LogP contribution in [0.2, 0.25) is 0 Å². The topological polar surface area (TPSA) is 109 Å². The first kappa shape index (κ1) is 16.1. The maximum Gasteiger partial charge on any atom is 0.340 e. The maximum absolute atomic E-state index is 12.0. The van der Waals surface area contributed by atoms with E-state index in [4.69, 9.17) is 0 Å². The smallest absolute Gasteiger partial charge is 0.340 e. The van der Waals surface area contributed by atoms with Crippen LogP contribution in [0.4, 0.5) is 5.69 Å². The minimum atomic E-state index is -0.767. The van der Waals surface area contributed by atoms with Gasteiger partial charge in [-0.1, -0.05) is 12.1 Å². The first-order valence-electron chi connectivity index (χ1n) is 6.39. The molecule has 23 heavy (non-hydrogen) atoms. The zero-order chi connectivity index (χ0) is 17.0. The van der Waals surface area contributed by atoms with Crippen LogP contribution in [-0.2, 0) is 9.47 Å². The van der Waals surface area contributed by atoms with E-state index < -0.39 is 16.9 Å². The lowest BCUT2D eigenvalue weighted by Crippen LogP contribution is -2.12. The first-order chi connectivity index (χ1) is 11.0. The summed E-state index contributed by atoms with van der Waals surface area (Å²) in [4.78, 5) is 38.4. The largest absolute Gasteiger partial charge is 0.465 e. The Hall–Kier alpha value is -3.29. The number of nitro benzene ring substituents is 1. The van der Waals surface area contributed by atoms with Crippen LogP contribution >= 0.6 is 0 Å². The van der Waals surface area contributed by atoms with E-state index in [1.54, 1.807) is 6.07 Å². The fraction of sp³-hybridized carbons (Fsp3) is 0.133. The van der Waals surface area contributed by atoms with Gasteiger partial charge in [0.25, 0.3) is 5.69 Å². The summed E-state index contributed by atoms with van der Waals surface area (Å²) in [5.74, 6) is -1.53. The number of methoxy groups -OCH3 is 2. The molecule has 0 unspecified atom stereocenters. The van der Waals surface area contributed by atoms with Gasteiger partial charge in [-0.05, 0) is 6.07 Å². The molecule has 2 rings (SSSR count). The Morgan fingerprint density at radius 1 is 1.04 bits per heavy atom. The number of carbonyl (C=O) groups excluding carboxylic acids is 2.